The molecule has 102 valence electrons. The zero-order valence-electron chi connectivity index (χ0n) is 11.3. The van der Waals surface area contributed by atoms with Crippen LogP contribution in [0.5, 0.6) is 0 Å². The quantitative estimate of drug-likeness (QED) is 0.640. The summed E-state index contributed by atoms with van der Waals surface area (Å²) >= 11 is 0. The van der Waals surface area contributed by atoms with Crippen LogP contribution in [0.3, 0.4) is 0 Å². The van der Waals surface area contributed by atoms with Crippen LogP contribution < -0.4 is 11.1 Å². The summed E-state index contributed by atoms with van der Waals surface area (Å²) in [6.07, 6.45) is 4.06. The number of rotatable bonds is 4. The number of anilines is 1. The first-order chi connectivity index (χ1) is 9.31. The zero-order valence-corrected chi connectivity index (χ0v) is 11.3. The molecule has 1 saturated carbocycles. The van der Waals surface area contributed by atoms with E-state index >= 15 is 0 Å². The van der Waals surface area contributed by atoms with Crippen molar-refractivity contribution in [3.63, 3.8) is 0 Å². The molecule has 3 N–H and O–H groups in total. The lowest BCUT2D eigenvalue weighted by molar-refractivity contribution is 0.315. The molecule has 1 unspecified atom stereocenters. The normalized spacial score (nSPS) is 24.6. The van der Waals surface area contributed by atoms with Crippen molar-refractivity contribution in [1.82, 2.24) is 4.90 Å². The molecule has 0 spiro atoms. The van der Waals surface area contributed by atoms with E-state index in [-0.39, 0.29) is 0 Å². The number of nitrogens with one attached hydrogen (secondary N) is 1. The third-order valence-corrected chi connectivity index (χ3v) is 3.95. The molecular weight excluding hydrogens is 236 g/mol. The first-order valence-corrected chi connectivity index (χ1v) is 7.17. The molecule has 0 bridgehead atoms. The first kappa shape index (κ1) is 12.5. The first-order valence-electron chi connectivity index (χ1n) is 7.17. The van der Waals surface area contributed by atoms with Gasteiger partial charge in [-0.3, -0.25) is 4.99 Å². The van der Waals surface area contributed by atoms with E-state index in [0.717, 1.165) is 18.3 Å². The Hall–Kier alpha value is -1.55. The van der Waals surface area contributed by atoms with Crippen molar-refractivity contribution in [3.8, 4) is 0 Å². The van der Waals surface area contributed by atoms with Crippen LogP contribution in [-0.2, 0) is 0 Å². The summed E-state index contributed by atoms with van der Waals surface area (Å²) in [7, 11) is 0. The lowest BCUT2D eigenvalue weighted by Gasteiger charge is -2.13. The smallest absolute Gasteiger partial charge is 0.193 e. The Labute approximate surface area is 114 Å². The number of hydrogen-bond acceptors (Lipinski definition) is 2. The Kier molecular flexibility index (Phi) is 3.69. The van der Waals surface area contributed by atoms with Crippen molar-refractivity contribution in [2.24, 2.45) is 16.6 Å². The lowest BCUT2D eigenvalue weighted by atomic mass is 10.1. The summed E-state index contributed by atoms with van der Waals surface area (Å²) in [6.45, 7) is 3.29. The van der Waals surface area contributed by atoms with Gasteiger partial charge in [0.2, 0.25) is 0 Å². The van der Waals surface area contributed by atoms with Gasteiger partial charge >= 0.3 is 0 Å². The van der Waals surface area contributed by atoms with E-state index in [0.29, 0.717) is 11.9 Å². The number of hydrogen-bond donors (Lipinski definition) is 2. The lowest BCUT2D eigenvalue weighted by Crippen LogP contribution is -2.25. The number of guanidine groups is 1. The van der Waals surface area contributed by atoms with Gasteiger partial charge in [0.15, 0.2) is 5.96 Å². The van der Waals surface area contributed by atoms with Gasteiger partial charge in [-0.1, -0.05) is 18.2 Å². The van der Waals surface area contributed by atoms with Crippen LogP contribution in [0.2, 0.25) is 0 Å². The highest BCUT2D eigenvalue weighted by atomic mass is 15.2. The van der Waals surface area contributed by atoms with Gasteiger partial charge in [-0.25, -0.2) is 0 Å². The third-order valence-electron chi connectivity index (χ3n) is 3.95. The van der Waals surface area contributed by atoms with Crippen molar-refractivity contribution in [3.05, 3.63) is 30.3 Å². The highest BCUT2D eigenvalue weighted by Gasteiger charge is 2.34. The topological polar surface area (TPSA) is 53.6 Å². The Morgan fingerprint density at radius 2 is 2.05 bits per heavy atom. The second kappa shape index (κ2) is 5.61. The van der Waals surface area contributed by atoms with Gasteiger partial charge < -0.3 is 16.0 Å². The Bertz CT molecular complexity index is 439. The van der Waals surface area contributed by atoms with Gasteiger partial charge in [-0.15, -0.1) is 0 Å². The molecule has 4 heteroatoms. The van der Waals surface area contributed by atoms with Crippen molar-refractivity contribution < 1.29 is 0 Å². The second-order valence-electron chi connectivity index (χ2n) is 5.60. The molecule has 4 nitrogen and oxygen atoms in total. The number of para-hydroxylation sites is 1. The molecule has 1 aliphatic carbocycles. The number of aliphatic imine (C=N–C) groups is 1. The Balaban J connectivity index is 1.46. The molecule has 1 aromatic rings. The molecule has 3 rings (SSSR count). The summed E-state index contributed by atoms with van der Waals surface area (Å²) in [6, 6.07) is 10.8. The molecule has 19 heavy (non-hydrogen) atoms. The van der Waals surface area contributed by atoms with Crippen LogP contribution in [0.4, 0.5) is 5.69 Å². The summed E-state index contributed by atoms with van der Waals surface area (Å²) in [5.41, 5.74) is 6.91. The van der Waals surface area contributed by atoms with E-state index in [9.17, 15) is 0 Å². The van der Waals surface area contributed by atoms with Gasteiger partial charge in [0.1, 0.15) is 0 Å². The summed E-state index contributed by atoms with van der Waals surface area (Å²) in [5.74, 6) is 1.20. The van der Waals surface area contributed by atoms with E-state index in [1.54, 1.807) is 0 Å². The maximum absolute atomic E-state index is 5.92. The highest BCUT2D eigenvalue weighted by Crippen LogP contribution is 2.31. The van der Waals surface area contributed by atoms with E-state index < -0.39 is 0 Å². The highest BCUT2D eigenvalue weighted by molar-refractivity contribution is 5.92. The molecule has 0 radical (unpaired) electrons. The fourth-order valence-electron chi connectivity index (χ4n) is 2.72. The fraction of sp³-hybridized carbons (Fsp3) is 0.533. The SMILES string of the molecule is NC(=NCC1CCN(C2CC2)C1)Nc1ccccc1. The van der Waals surface area contributed by atoms with E-state index in [1.807, 2.05) is 30.3 Å². The third kappa shape index (κ3) is 3.47. The standard InChI is InChI=1S/C15H22N4/c16-15(18-13-4-2-1-3-5-13)17-10-12-8-9-19(11-12)14-6-7-14/h1-5,12,14H,6-11H2,(H3,16,17,18). The minimum Gasteiger partial charge on any atom is -0.370 e. The Morgan fingerprint density at radius 3 is 2.79 bits per heavy atom. The number of nitrogens with zero attached hydrogens (tertiary/aromatic N) is 2. The number of nitrogens with two attached hydrogens (primary N) is 1. The minimum atomic E-state index is 0.524. The molecule has 1 saturated heterocycles. The predicted molar refractivity (Wildman–Crippen MR) is 79.3 cm³/mol. The van der Waals surface area contributed by atoms with E-state index in [4.69, 9.17) is 5.73 Å². The van der Waals surface area contributed by atoms with Crippen LogP contribution in [0.1, 0.15) is 19.3 Å². The molecule has 1 heterocycles. The van der Waals surface area contributed by atoms with Crippen molar-refractivity contribution in [1.29, 1.82) is 0 Å². The monoisotopic (exact) mass is 258 g/mol. The molecule has 1 atom stereocenters. The average Bonchev–Trinajstić information content (AvgIpc) is 3.17. The molecule has 1 aliphatic heterocycles. The van der Waals surface area contributed by atoms with Gasteiger partial charge in [0.25, 0.3) is 0 Å². The van der Waals surface area contributed by atoms with E-state index in [2.05, 4.69) is 15.2 Å². The number of likely N-dealkylation sites (tertiary alicyclic amines) is 1. The zero-order chi connectivity index (χ0) is 13.1. The van der Waals surface area contributed by atoms with Crippen molar-refractivity contribution in [2.45, 2.75) is 25.3 Å². The van der Waals surface area contributed by atoms with E-state index in [1.165, 1.54) is 32.4 Å². The molecule has 2 fully saturated rings. The Morgan fingerprint density at radius 1 is 1.26 bits per heavy atom. The van der Waals surface area contributed by atoms with Gasteiger partial charge in [0.05, 0.1) is 0 Å². The largest absolute Gasteiger partial charge is 0.370 e. The molecular formula is C15H22N4. The number of benzene rings is 1. The minimum absolute atomic E-state index is 0.524. The molecule has 0 amide bonds. The van der Waals surface area contributed by atoms with Crippen LogP contribution in [-0.4, -0.2) is 36.5 Å². The van der Waals surface area contributed by atoms with Crippen LogP contribution in [0.15, 0.2) is 35.3 Å². The summed E-state index contributed by atoms with van der Waals surface area (Å²) in [4.78, 5) is 7.08. The molecule has 0 aromatic heterocycles. The second-order valence-corrected chi connectivity index (χ2v) is 5.60. The summed E-state index contributed by atoms with van der Waals surface area (Å²) in [5, 5.41) is 3.13. The van der Waals surface area contributed by atoms with Crippen molar-refractivity contribution >= 4 is 11.6 Å². The summed E-state index contributed by atoms with van der Waals surface area (Å²) < 4.78 is 0. The van der Waals surface area contributed by atoms with Crippen LogP contribution in [0.25, 0.3) is 0 Å². The average molecular weight is 258 g/mol. The van der Waals surface area contributed by atoms with Gasteiger partial charge in [-0.05, 0) is 43.9 Å². The van der Waals surface area contributed by atoms with Gasteiger partial charge in [-0.2, -0.15) is 0 Å². The maximum atomic E-state index is 5.92. The fourth-order valence-corrected chi connectivity index (χ4v) is 2.72. The maximum Gasteiger partial charge on any atom is 0.193 e. The molecule has 1 aromatic carbocycles. The molecule has 2 aliphatic rings. The van der Waals surface area contributed by atoms with Crippen LogP contribution in [0, 0.1) is 5.92 Å². The predicted octanol–water partition coefficient (Wildman–Crippen LogP) is 1.90. The van der Waals surface area contributed by atoms with Gasteiger partial charge in [0, 0.05) is 24.8 Å². The van der Waals surface area contributed by atoms with Crippen molar-refractivity contribution in [2.75, 3.05) is 25.0 Å². The van der Waals surface area contributed by atoms with Crippen LogP contribution >= 0.6 is 0 Å².